The monoisotopic (exact) mass is 392 g/mol. The van der Waals surface area contributed by atoms with Crippen molar-refractivity contribution in [2.24, 2.45) is 0 Å². The molecule has 114 valence electrons. The van der Waals surface area contributed by atoms with E-state index in [4.69, 9.17) is 4.42 Å². The van der Waals surface area contributed by atoms with Crippen molar-refractivity contribution in [3.8, 4) is 0 Å². The summed E-state index contributed by atoms with van der Waals surface area (Å²) < 4.78 is 33.1. The number of halogens is 1. The first-order valence-electron chi connectivity index (χ1n) is 6.31. The van der Waals surface area contributed by atoms with Crippen LogP contribution < -0.4 is 10.0 Å². The highest BCUT2D eigenvalue weighted by atomic mass is 79.9. The summed E-state index contributed by atoms with van der Waals surface area (Å²) in [5.74, 6) is 0.411. The Hall–Kier alpha value is -0.970. The zero-order valence-electron chi connectivity index (χ0n) is 11.1. The van der Waals surface area contributed by atoms with E-state index in [1.807, 2.05) is 0 Å². The van der Waals surface area contributed by atoms with Gasteiger partial charge in [0.2, 0.25) is 5.89 Å². The first kappa shape index (κ1) is 14.9. The molecular formula is C11H13BrN4O3S2. The van der Waals surface area contributed by atoms with Gasteiger partial charge in [-0.05, 0) is 48.3 Å². The number of nitrogens with one attached hydrogen (secondary N) is 2. The molecule has 1 aliphatic heterocycles. The van der Waals surface area contributed by atoms with Gasteiger partial charge in [-0.2, -0.15) is 0 Å². The molecule has 2 aromatic heterocycles. The number of sulfonamides is 1. The topological polar surface area (TPSA) is 97.1 Å². The van der Waals surface area contributed by atoms with Gasteiger partial charge >= 0.3 is 6.01 Å². The standard InChI is InChI=1S/C11H13BrN4O3S2/c1-6-8(5-9(12)20-6)21(17,18)16-11-15-14-10(19-11)7-3-2-4-13-7/h5,7,13H,2-4H2,1H3,(H,15,16). The molecule has 0 bridgehead atoms. The van der Waals surface area contributed by atoms with Gasteiger partial charge in [0.15, 0.2) is 0 Å². The fourth-order valence-corrected chi connectivity index (χ4v) is 5.52. The van der Waals surface area contributed by atoms with Gasteiger partial charge in [-0.1, -0.05) is 5.10 Å². The van der Waals surface area contributed by atoms with Crippen LogP contribution in [0.25, 0.3) is 0 Å². The molecule has 1 fully saturated rings. The minimum absolute atomic E-state index is 0.00721. The quantitative estimate of drug-likeness (QED) is 0.828. The predicted octanol–water partition coefficient (Wildman–Crippen LogP) is 2.43. The molecule has 2 aromatic rings. The van der Waals surface area contributed by atoms with Crippen LogP contribution in [0.15, 0.2) is 19.2 Å². The van der Waals surface area contributed by atoms with Gasteiger partial charge in [0.25, 0.3) is 10.0 Å². The molecule has 3 heterocycles. The molecule has 0 spiro atoms. The van der Waals surface area contributed by atoms with Crippen LogP contribution in [0.2, 0.25) is 0 Å². The van der Waals surface area contributed by atoms with E-state index < -0.39 is 10.0 Å². The molecule has 21 heavy (non-hydrogen) atoms. The Balaban J connectivity index is 1.81. The highest BCUT2D eigenvalue weighted by Crippen LogP contribution is 2.31. The van der Waals surface area contributed by atoms with Crippen molar-refractivity contribution in [3.05, 3.63) is 20.6 Å². The van der Waals surface area contributed by atoms with Crippen molar-refractivity contribution in [2.45, 2.75) is 30.7 Å². The fourth-order valence-electron chi connectivity index (χ4n) is 2.18. The Bertz CT molecular complexity index is 749. The summed E-state index contributed by atoms with van der Waals surface area (Å²) in [5.41, 5.74) is 0. The number of aromatic nitrogens is 2. The molecular weight excluding hydrogens is 380 g/mol. The average molecular weight is 393 g/mol. The molecule has 0 aromatic carbocycles. The second-order valence-electron chi connectivity index (χ2n) is 4.67. The van der Waals surface area contributed by atoms with Gasteiger partial charge in [-0.15, -0.1) is 16.4 Å². The zero-order valence-corrected chi connectivity index (χ0v) is 14.3. The maximum Gasteiger partial charge on any atom is 0.329 e. The molecule has 0 radical (unpaired) electrons. The van der Waals surface area contributed by atoms with Crippen LogP contribution in [0.1, 0.15) is 29.7 Å². The third-order valence-corrected chi connectivity index (χ3v) is 6.28. The zero-order chi connectivity index (χ0) is 15.0. The van der Waals surface area contributed by atoms with Gasteiger partial charge in [-0.3, -0.25) is 0 Å². The molecule has 3 rings (SSSR count). The Morgan fingerprint density at radius 3 is 2.95 bits per heavy atom. The third-order valence-electron chi connectivity index (χ3n) is 3.15. The van der Waals surface area contributed by atoms with Crippen molar-refractivity contribution in [1.29, 1.82) is 0 Å². The lowest BCUT2D eigenvalue weighted by molar-refractivity contribution is 0.439. The number of hydrogen-bond donors (Lipinski definition) is 2. The van der Waals surface area contributed by atoms with Gasteiger partial charge in [0.05, 0.1) is 9.83 Å². The highest BCUT2D eigenvalue weighted by Gasteiger charge is 2.25. The average Bonchev–Trinajstić information content (AvgIpc) is 3.08. The lowest BCUT2D eigenvalue weighted by atomic mass is 10.2. The van der Waals surface area contributed by atoms with Crippen molar-refractivity contribution >= 4 is 43.3 Å². The van der Waals surface area contributed by atoms with E-state index in [1.54, 1.807) is 13.0 Å². The number of nitrogens with zero attached hydrogens (tertiary/aromatic N) is 2. The van der Waals surface area contributed by atoms with E-state index in [-0.39, 0.29) is 17.0 Å². The largest absolute Gasteiger partial charge is 0.406 e. The normalized spacial score (nSPS) is 19.0. The van der Waals surface area contributed by atoms with Gasteiger partial charge in [0, 0.05) is 4.88 Å². The molecule has 10 heteroatoms. The Morgan fingerprint density at radius 2 is 2.33 bits per heavy atom. The summed E-state index contributed by atoms with van der Waals surface area (Å²) in [6.07, 6.45) is 1.95. The van der Waals surface area contributed by atoms with Gasteiger partial charge in [0.1, 0.15) is 4.90 Å². The van der Waals surface area contributed by atoms with Crippen LogP contribution in [0.5, 0.6) is 0 Å². The number of hydrogen-bond acceptors (Lipinski definition) is 7. The molecule has 1 saturated heterocycles. The van der Waals surface area contributed by atoms with E-state index in [2.05, 4.69) is 36.2 Å². The van der Waals surface area contributed by atoms with Crippen LogP contribution in [0, 0.1) is 6.92 Å². The van der Waals surface area contributed by atoms with Gasteiger partial charge in [-0.25, -0.2) is 13.1 Å². The maximum absolute atomic E-state index is 12.3. The van der Waals surface area contributed by atoms with Crippen LogP contribution >= 0.6 is 27.3 Å². The van der Waals surface area contributed by atoms with E-state index in [0.717, 1.165) is 23.2 Å². The molecule has 0 aliphatic carbocycles. The van der Waals surface area contributed by atoms with Crippen LogP contribution in [-0.4, -0.2) is 25.2 Å². The summed E-state index contributed by atoms with van der Waals surface area (Å²) in [6, 6.07) is 1.45. The summed E-state index contributed by atoms with van der Waals surface area (Å²) in [5, 5.41) is 10.9. The number of anilines is 1. The Morgan fingerprint density at radius 1 is 1.52 bits per heavy atom. The van der Waals surface area contributed by atoms with E-state index >= 15 is 0 Å². The minimum atomic E-state index is -3.72. The summed E-state index contributed by atoms with van der Waals surface area (Å²) in [6.45, 7) is 2.64. The molecule has 0 amide bonds. The van der Waals surface area contributed by atoms with E-state index in [0.29, 0.717) is 10.8 Å². The molecule has 2 N–H and O–H groups in total. The first-order chi connectivity index (χ1) is 9.95. The third kappa shape index (κ3) is 3.12. The van der Waals surface area contributed by atoms with Crippen LogP contribution in [0.4, 0.5) is 6.01 Å². The number of rotatable bonds is 4. The van der Waals surface area contributed by atoms with E-state index in [1.165, 1.54) is 11.3 Å². The lowest BCUT2D eigenvalue weighted by Crippen LogP contribution is -2.13. The lowest BCUT2D eigenvalue weighted by Gasteiger charge is -2.04. The van der Waals surface area contributed by atoms with Crippen LogP contribution in [0.3, 0.4) is 0 Å². The fraction of sp³-hybridized carbons (Fsp3) is 0.455. The van der Waals surface area contributed by atoms with Crippen molar-refractivity contribution in [2.75, 3.05) is 11.3 Å². The highest BCUT2D eigenvalue weighted by molar-refractivity contribution is 9.11. The molecule has 0 saturated carbocycles. The summed E-state index contributed by atoms with van der Waals surface area (Å²) in [7, 11) is -3.72. The number of aryl methyl sites for hydroxylation is 1. The SMILES string of the molecule is Cc1sc(Br)cc1S(=O)(=O)Nc1nnc(C2CCCN2)o1. The van der Waals surface area contributed by atoms with Crippen molar-refractivity contribution in [3.63, 3.8) is 0 Å². The van der Waals surface area contributed by atoms with Gasteiger partial charge < -0.3 is 9.73 Å². The molecule has 7 nitrogen and oxygen atoms in total. The second kappa shape index (κ2) is 5.67. The predicted molar refractivity (Wildman–Crippen MR) is 81.8 cm³/mol. The molecule has 1 aliphatic rings. The summed E-state index contributed by atoms with van der Waals surface area (Å²) >= 11 is 4.63. The summed E-state index contributed by atoms with van der Waals surface area (Å²) in [4.78, 5) is 0.893. The Labute approximate surface area is 134 Å². The number of thiophene rings is 1. The van der Waals surface area contributed by atoms with Crippen LogP contribution in [-0.2, 0) is 10.0 Å². The first-order valence-corrected chi connectivity index (χ1v) is 9.40. The maximum atomic E-state index is 12.3. The Kier molecular flexibility index (Phi) is 4.04. The molecule has 1 unspecified atom stereocenters. The van der Waals surface area contributed by atoms with E-state index in [9.17, 15) is 8.42 Å². The minimum Gasteiger partial charge on any atom is -0.406 e. The molecule has 1 atom stereocenters. The smallest absolute Gasteiger partial charge is 0.329 e. The van der Waals surface area contributed by atoms with Crippen molar-refractivity contribution in [1.82, 2.24) is 15.5 Å². The second-order valence-corrected chi connectivity index (χ2v) is 8.96. The van der Waals surface area contributed by atoms with Crippen molar-refractivity contribution < 1.29 is 12.8 Å².